The molecule has 134 valence electrons. The number of tetrazole rings is 1. The molecule has 0 saturated heterocycles. The van der Waals surface area contributed by atoms with Crippen LogP contribution in [0, 0.1) is 5.82 Å². The first kappa shape index (κ1) is 17.7. The van der Waals surface area contributed by atoms with Gasteiger partial charge in [-0.2, -0.15) is 4.80 Å². The second-order valence-corrected chi connectivity index (χ2v) is 7.49. The molecule has 1 amide bonds. The van der Waals surface area contributed by atoms with Gasteiger partial charge in [0.15, 0.2) is 9.84 Å². The van der Waals surface area contributed by atoms with Crippen molar-refractivity contribution in [2.45, 2.75) is 11.4 Å². The van der Waals surface area contributed by atoms with Crippen LogP contribution in [0.2, 0.25) is 0 Å². The van der Waals surface area contributed by atoms with Gasteiger partial charge in [-0.05, 0) is 23.4 Å². The van der Waals surface area contributed by atoms with Crippen LogP contribution in [0.25, 0.3) is 11.4 Å². The number of amides is 1. The van der Waals surface area contributed by atoms with E-state index in [9.17, 15) is 17.6 Å². The number of hydrogen-bond acceptors (Lipinski definition) is 6. The Morgan fingerprint density at radius 1 is 1.19 bits per heavy atom. The van der Waals surface area contributed by atoms with Gasteiger partial charge in [-0.1, -0.05) is 30.3 Å². The molecule has 0 aliphatic carbocycles. The average Bonchev–Trinajstić information content (AvgIpc) is 3.05. The number of sulfone groups is 1. The summed E-state index contributed by atoms with van der Waals surface area (Å²) in [4.78, 5) is 13.1. The molecule has 1 heterocycles. The number of carbonyl (C=O) groups is 1. The van der Waals surface area contributed by atoms with Crippen LogP contribution in [0.15, 0.2) is 53.4 Å². The molecule has 0 atom stereocenters. The van der Waals surface area contributed by atoms with Gasteiger partial charge in [0.05, 0.1) is 10.6 Å². The van der Waals surface area contributed by atoms with Crippen molar-refractivity contribution in [3.8, 4) is 11.4 Å². The van der Waals surface area contributed by atoms with Crippen molar-refractivity contribution in [2.24, 2.45) is 0 Å². The van der Waals surface area contributed by atoms with E-state index in [1.54, 1.807) is 12.1 Å². The van der Waals surface area contributed by atoms with Crippen LogP contribution in [-0.2, 0) is 21.2 Å². The Bertz CT molecular complexity index is 1050. The van der Waals surface area contributed by atoms with Crippen LogP contribution in [-0.4, -0.2) is 40.8 Å². The molecule has 8 nitrogen and oxygen atoms in total. The Hall–Kier alpha value is -3.14. The quantitative estimate of drug-likeness (QED) is 0.678. The molecule has 3 aromatic rings. The molecule has 0 fully saturated rings. The van der Waals surface area contributed by atoms with Crippen LogP contribution in [0.5, 0.6) is 0 Å². The summed E-state index contributed by atoms with van der Waals surface area (Å²) in [5.41, 5.74) is 0.507. The molecule has 3 rings (SSSR count). The van der Waals surface area contributed by atoms with E-state index in [0.29, 0.717) is 5.82 Å². The summed E-state index contributed by atoms with van der Waals surface area (Å²) in [6.45, 7) is -0.303. The molecule has 1 N–H and O–H groups in total. The van der Waals surface area contributed by atoms with E-state index in [2.05, 4.69) is 20.7 Å². The third kappa shape index (κ3) is 4.09. The molecule has 0 saturated carbocycles. The van der Waals surface area contributed by atoms with Crippen molar-refractivity contribution in [3.63, 3.8) is 0 Å². The molecule has 1 aromatic heterocycles. The Labute approximate surface area is 148 Å². The predicted molar refractivity (Wildman–Crippen MR) is 91.4 cm³/mol. The normalized spacial score (nSPS) is 11.3. The third-order valence-corrected chi connectivity index (χ3v) is 4.52. The zero-order chi connectivity index (χ0) is 18.7. The molecule has 0 spiro atoms. The van der Waals surface area contributed by atoms with Gasteiger partial charge in [0.25, 0.3) is 0 Å². The van der Waals surface area contributed by atoms with Crippen molar-refractivity contribution < 1.29 is 17.6 Å². The molecule has 0 bridgehead atoms. The van der Waals surface area contributed by atoms with Crippen LogP contribution in [0.4, 0.5) is 10.1 Å². The van der Waals surface area contributed by atoms with Crippen molar-refractivity contribution in [2.75, 3.05) is 11.6 Å². The number of nitrogens with zero attached hydrogens (tertiary/aromatic N) is 4. The lowest BCUT2D eigenvalue weighted by Crippen LogP contribution is -2.21. The van der Waals surface area contributed by atoms with E-state index in [0.717, 1.165) is 34.8 Å². The molecule has 0 radical (unpaired) electrons. The molecule has 0 aliphatic heterocycles. The highest BCUT2D eigenvalue weighted by molar-refractivity contribution is 7.90. The highest BCUT2D eigenvalue weighted by atomic mass is 32.2. The van der Waals surface area contributed by atoms with Crippen molar-refractivity contribution in [1.29, 1.82) is 0 Å². The number of hydrogen-bond donors (Lipinski definition) is 1. The van der Waals surface area contributed by atoms with Crippen molar-refractivity contribution >= 4 is 21.4 Å². The first-order valence-corrected chi connectivity index (χ1v) is 9.35. The first-order valence-electron chi connectivity index (χ1n) is 7.45. The molecule has 10 heteroatoms. The van der Waals surface area contributed by atoms with E-state index in [-0.39, 0.29) is 17.1 Å². The molecule has 0 aliphatic rings. The SMILES string of the molecule is CS(=O)(=O)c1ccc(F)c(NC(=O)Cn2nnc(-c3ccccc3)n2)c1. The number of rotatable bonds is 5. The lowest BCUT2D eigenvalue weighted by atomic mass is 10.2. The highest BCUT2D eigenvalue weighted by Crippen LogP contribution is 2.19. The van der Waals surface area contributed by atoms with Gasteiger partial charge in [-0.3, -0.25) is 4.79 Å². The van der Waals surface area contributed by atoms with E-state index in [4.69, 9.17) is 0 Å². The highest BCUT2D eigenvalue weighted by Gasteiger charge is 2.14. The number of aromatic nitrogens is 4. The van der Waals surface area contributed by atoms with Crippen molar-refractivity contribution in [3.05, 3.63) is 54.3 Å². The summed E-state index contributed by atoms with van der Waals surface area (Å²) in [5, 5.41) is 14.0. The second-order valence-electron chi connectivity index (χ2n) is 5.47. The van der Waals surface area contributed by atoms with Gasteiger partial charge in [0.2, 0.25) is 11.7 Å². The number of carbonyl (C=O) groups excluding carboxylic acids is 1. The maximum atomic E-state index is 13.8. The minimum absolute atomic E-state index is 0.0977. The Kier molecular flexibility index (Phi) is 4.76. The zero-order valence-corrected chi connectivity index (χ0v) is 14.4. The van der Waals surface area contributed by atoms with Crippen molar-refractivity contribution in [1.82, 2.24) is 20.2 Å². The van der Waals surface area contributed by atoms with Crippen LogP contribution in [0.3, 0.4) is 0 Å². The van der Waals surface area contributed by atoms with E-state index in [1.165, 1.54) is 0 Å². The molecular weight excluding hydrogens is 361 g/mol. The summed E-state index contributed by atoms with van der Waals surface area (Å²) in [7, 11) is -3.52. The van der Waals surface area contributed by atoms with Gasteiger partial charge >= 0.3 is 0 Å². The van der Waals surface area contributed by atoms with Gasteiger partial charge in [0, 0.05) is 11.8 Å². The maximum absolute atomic E-state index is 13.8. The standard InChI is InChI=1S/C16H14FN5O3S/c1-26(24,25)12-7-8-13(17)14(9-12)18-15(23)10-22-20-16(19-21-22)11-5-3-2-4-6-11/h2-9H,10H2,1H3,(H,18,23). The molecule has 26 heavy (non-hydrogen) atoms. The minimum Gasteiger partial charge on any atom is -0.322 e. The largest absolute Gasteiger partial charge is 0.322 e. The van der Waals surface area contributed by atoms with Crippen LogP contribution in [0.1, 0.15) is 0 Å². The Morgan fingerprint density at radius 2 is 1.92 bits per heavy atom. The lowest BCUT2D eigenvalue weighted by molar-refractivity contribution is -0.117. The number of nitrogens with one attached hydrogen (secondary N) is 1. The number of benzene rings is 2. The predicted octanol–water partition coefficient (Wildman–Crippen LogP) is 1.52. The maximum Gasteiger partial charge on any atom is 0.248 e. The molecular formula is C16H14FN5O3S. The monoisotopic (exact) mass is 375 g/mol. The summed E-state index contributed by atoms with van der Waals surface area (Å²) >= 11 is 0. The number of anilines is 1. The van der Waals surface area contributed by atoms with Crippen LogP contribution < -0.4 is 5.32 Å². The molecule has 2 aromatic carbocycles. The van der Waals surface area contributed by atoms with Gasteiger partial charge < -0.3 is 5.32 Å². The second kappa shape index (κ2) is 7.00. The summed E-state index contributed by atoms with van der Waals surface area (Å²) < 4.78 is 36.9. The van der Waals surface area contributed by atoms with Gasteiger partial charge in [-0.25, -0.2) is 12.8 Å². The van der Waals surface area contributed by atoms with E-state index < -0.39 is 21.6 Å². The van der Waals surface area contributed by atoms with E-state index >= 15 is 0 Å². The summed E-state index contributed by atoms with van der Waals surface area (Å²) in [6, 6.07) is 12.3. The first-order chi connectivity index (χ1) is 12.3. The third-order valence-electron chi connectivity index (χ3n) is 3.41. The topological polar surface area (TPSA) is 107 Å². The fraction of sp³-hybridized carbons (Fsp3) is 0.125. The minimum atomic E-state index is -3.52. The zero-order valence-electron chi connectivity index (χ0n) is 13.6. The van der Waals surface area contributed by atoms with E-state index in [1.807, 2.05) is 18.2 Å². The fourth-order valence-electron chi connectivity index (χ4n) is 2.16. The van der Waals surface area contributed by atoms with Gasteiger partial charge in [-0.15, -0.1) is 10.2 Å². The fourth-order valence-corrected chi connectivity index (χ4v) is 2.81. The average molecular weight is 375 g/mol. The summed E-state index contributed by atoms with van der Waals surface area (Å²) in [5.74, 6) is -1.02. The van der Waals surface area contributed by atoms with Gasteiger partial charge in [0.1, 0.15) is 12.4 Å². The summed E-state index contributed by atoms with van der Waals surface area (Å²) in [6.07, 6.45) is 0.996. The smallest absolute Gasteiger partial charge is 0.248 e. The number of halogens is 1. The lowest BCUT2D eigenvalue weighted by Gasteiger charge is -2.07. The molecule has 0 unspecified atom stereocenters. The van der Waals surface area contributed by atoms with Crippen LogP contribution >= 0.6 is 0 Å². The Morgan fingerprint density at radius 3 is 2.62 bits per heavy atom. The Balaban J connectivity index is 1.73.